The Morgan fingerprint density at radius 1 is 0.973 bits per heavy atom. The van der Waals surface area contributed by atoms with Crippen LogP contribution < -0.4 is 14.9 Å². The van der Waals surface area contributed by atoms with Crippen molar-refractivity contribution in [2.24, 2.45) is 5.10 Å². The number of benzene rings is 3. The summed E-state index contributed by atoms with van der Waals surface area (Å²) in [5.74, 6) is -0.730. The molecule has 0 bridgehead atoms. The minimum atomic E-state index is -4.04. The van der Waals surface area contributed by atoms with E-state index >= 15 is 0 Å². The zero-order chi connectivity index (χ0) is 26.3. The quantitative estimate of drug-likeness (QED) is 0.190. The Labute approximate surface area is 217 Å². The average molecular weight is 536 g/mol. The topological polar surface area (TPSA) is 140 Å². The second kappa shape index (κ2) is 11.5. The Bertz CT molecular complexity index is 1550. The van der Waals surface area contributed by atoms with Gasteiger partial charge in [-0.2, -0.15) is 13.5 Å². The molecule has 0 atom stereocenters. The number of carbonyl (C=O) groups is 2. The van der Waals surface area contributed by atoms with Crippen LogP contribution in [0.25, 0.3) is 0 Å². The number of nitrogens with one attached hydrogen (secondary N) is 2. The first-order valence-corrected chi connectivity index (χ1v) is 13.1. The van der Waals surface area contributed by atoms with Crippen LogP contribution in [0.4, 0.5) is 5.13 Å². The predicted molar refractivity (Wildman–Crippen MR) is 139 cm³/mol. The largest absolute Gasteiger partial charge is 0.378 e. The molecule has 4 aromatic rings. The fourth-order valence-corrected chi connectivity index (χ4v) is 4.84. The van der Waals surface area contributed by atoms with Crippen molar-refractivity contribution >= 4 is 44.6 Å². The van der Waals surface area contributed by atoms with E-state index in [0.717, 1.165) is 16.9 Å². The normalized spacial score (nSPS) is 11.3. The highest BCUT2D eigenvalue weighted by molar-refractivity contribution is 7.87. The smallest absolute Gasteiger partial charge is 0.339 e. The van der Waals surface area contributed by atoms with Gasteiger partial charge in [0.15, 0.2) is 5.75 Å². The van der Waals surface area contributed by atoms with Gasteiger partial charge in [0.25, 0.3) is 5.91 Å². The van der Waals surface area contributed by atoms with Crippen molar-refractivity contribution in [3.63, 3.8) is 0 Å². The molecule has 0 radical (unpaired) electrons. The third kappa shape index (κ3) is 6.84. The molecule has 188 valence electrons. The summed E-state index contributed by atoms with van der Waals surface area (Å²) in [6, 6.07) is 21.3. The maximum Gasteiger partial charge on any atom is 0.339 e. The summed E-state index contributed by atoms with van der Waals surface area (Å²) in [6.07, 6.45) is 1.16. The monoisotopic (exact) mass is 535 g/mol. The number of amides is 2. The highest BCUT2D eigenvalue weighted by Crippen LogP contribution is 2.22. The Morgan fingerprint density at radius 3 is 2.46 bits per heavy atom. The number of hydrogen-bond acceptors (Lipinski definition) is 9. The van der Waals surface area contributed by atoms with E-state index in [2.05, 4.69) is 26.0 Å². The van der Waals surface area contributed by atoms with E-state index in [4.69, 9.17) is 4.18 Å². The zero-order valence-electron chi connectivity index (χ0n) is 19.5. The van der Waals surface area contributed by atoms with Crippen molar-refractivity contribution in [1.29, 1.82) is 0 Å². The second-order valence-corrected chi connectivity index (χ2v) is 10.2. The van der Waals surface area contributed by atoms with Gasteiger partial charge < -0.3 is 4.18 Å². The maximum absolute atomic E-state index is 12.5. The SMILES string of the molecule is Cc1ccccc1C(=O)Nc1nnc(CC(=O)N/N=C\c2ccccc2OS(=O)(=O)c2ccccc2)s1. The summed E-state index contributed by atoms with van der Waals surface area (Å²) in [4.78, 5) is 24.7. The van der Waals surface area contributed by atoms with Crippen molar-refractivity contribution in [3.05, 3.63) is 101 Å². The minimum absolute atomic E-state index is 0.0153. The molecule has 0 aliphatic rings. The summed E-state index contributed by atoms with van der Waals surface area (Å²) in [5, 5.41) is 15.1. The van der Waals surface area contributed by atoms with E-state index in [-0.39, 0.29) is 28.1 Å². The van der Waals surface area contributed by atoms with E-state index in [9.17, 15) is 18.0 Å². The van der Waals surface area contributed by atoms with Crippen molar-refractivity contribution in [1.82, 2.24) is 15.6 Å². The van der Waals surface area contributed by atoms with Crippen molar-refractivity contribution in [2.75, 3.05) is 5.32 Å². The molecule has 0 unspecified atom stereocenters. The number of carbonyl (C=O) groups excluding carboxylic acids is 2. The first-order valence-electron chi connectivity index (χ1n) is 10.9. The van der Waals surface area contributed by atoms with E-state index in [0.29, 0.717) is 16.1 Å². The van der Waals surface area contributed by atoms with Gasteiger partial charge in [0.2, 0.25) is 11.0 Å². The first-order chi connectivity index (χ1) is 17.8. The number of anilines is 1. The third-order valence-electron chi connectivity index (χ3n) is 4.93. The van der Waals surface area contributed by atoms with Crippen LogP contribution in [-0.2, 0) is 21.3 Å². The summed E-state index contributed by atoms with van der Waals surface area (Å²) in [5.41, 5.74) is 4.05. The van der Waals surface area contributed by atoms with E-state index in [1.165, 1.54) is 24.4 Å². The lowest BCUT2D eigenvalue weighted by atomic mass is 10.1. The fourth-order valence-electron chi connectivity index (χ4n) is 3.13. The van der Waals surface area contributed by atoms with Crippen LogP contribution in [0.3, 0.4) is 0 Å². The highest BCUT2D eigenvalue weighted by Gasteiger charge is 2.18. The summed E-state index contributed by atoms with van der Waals surface area (Å²) in [6.45, 7) is 1.83. The van der Waals surface area contributed by atoms with Crippen molar-refractivity contribution in [3.8, 4) is 5.75 Å². The molecule has 12 heteroatoms. The molecule has 0 aliphatic carbocycles. The molecule has 10 nitrogen and oxygen atoms in total. The number of aryl methyl sites for hydroxylation is 1. The van der Waals surface area contributed by atoms with Crippen molar-refractivity contribution in [2.45, 2.75) is 18.2 Å². The molecule has 2 N–H and O–H groups in total. The molecule has 0 saturated heterocycles. The predicted octanol–water partition coefficient (Wildman–Crippen LogP) is 3.56. The molecule has 3 aromatic carbocycles. The van der Waals surface area contributed by atoms with Crippen LogP contribution in [0.1, 0.15) is 26.5 Å². The minimum Gasteiger partial charge on any atom is -0.378 e. The van der Waals surface area contributed by atoms with Gasteiger partial charge in [-0.25, -0.2) is 5.43 Å². The van der Waals surface area contributed by atoms with Gasteiger partial charge in [-0.15, -0.1) is 10.2 Å². The lowest BCUT2D eigenvalue weighted by Gasteiger charge is -2.09. The number of rotatable bonds is 9. The van der Waals surface area contributed by atoms with Gasteiger partial charge in [0.1, 0.15) is 9.90 Å². The van der Waals surface area contributed by atoms with Crippen LogP contribution in [-0.4, -0.2) is 36.6 Å². The molecule has 1 heterocycles. The Kier molecular flexibility index (Phi) is 8.01. The number of aromatic nitrogens is 2. The Hall–Kier alpha value is -4.42. The van der Waals surface area contributed by atoms with Crippen LogP contribution in [0.2, 0.25) is 0 Å². The number of hydrazone groups is 1. The summed E-state index contributed by atoms with van der Waals surface area (Å²) < 4.78 is 30.3. The molecule has 0 spiro atoms. The van der Waals surface area contributed by atoms with Crippen molar-refractivity contribution < 1.29 is 22.2 Å². The number of hydrogen-bond donors (Lipinski definition) is 2. The molecule has 0 fully saturated rings. The van der Waals surface area contributed by atoms with Crippen LogP contribution in [0, 0.1) is 6.92 Å². The molecule has 0 saturated carbocycles. The second-order valence-electron chi connectivity index (χ2n) is 7.63. The number of para-hydroxylation sites is 1. The standard InChI is InChI=1S/C25H21N5O5S2/c1-17-9-5-7-13-20(17)24(32)27-25-30-29-23(36-25)15-22(31)28-26-16-18-10-6-8-14-21(18)35-37(33,34)19-11-3-2-4-12-19/h2-14,16H,15H2,1H3,(H,28,31)(H,27,30,32)/b26-16-. The van der Waals surface area contributed by atoms with E-state index in [1.807, 2.05) is 19.1 Å². The zero-order valence-corrected chi connectivity index (χ0v) is 21.1. The first kappa shape index (κ1) is 25.7. The fraction of sp³-hybridized carbons (Fsp3) is 0.0800. The highest BCUT2D eigenvalue weighted by atomic mass is 32.2. The lowest BCUT2D eigenvalue weighted by Crippen LogP contribution is -2.19. The molecule has 2 amide bonds. The average Bonchev–Trinajstić information content (AvgIpc) is 3.32. The van der Waals surface area contributed by atoms with Gasteiger partial charge in [-0.1, -0.05) is 59.9 Å². The molecule has 4 rings (SSSR count). The Morgan fingerprint density at radius 2 is 1.68 bits per heavy atom. The number of nitrogens with zero attached hydrogens (tertiary/aromatic N) is 3. The Balaban J connectivity index is 1.34. The summed E-state index contributed by atoms with van der Waals surface area (Å²) >= 11 is 1.07. The van der Waals surface area contributed by atoms with E-state index in [1.54, 1.807) is 48.5 Å². The van der Waals surface area contributed by atoms with Gasteiger partial charge in [-0.05, 0) is 42.8 Å². The van der Waals surface area contributed by atoms with Crippen LogP contribution in [0.15, 0.2) is 88.9 Å². The van der Waals surface area contributed by atoms with Gasteiger partial charge in [0, 0.05) is 11.1 Å². The molecule has 37 heavy (non-hydrogen) atoms. The van der Waals surface area contributed by atoms with Gasteiger partial charge in [0.05, 0.1) is 12.6 Å². The van der Waals surface area contributed by atoms with Crippen LogP contribution in [0.5, 0.6) is 5.75 Å². The summed E-state index contributed by atoms with van der Waals surface area (Å²) in [7, 11) is -4.04. The molecular formula is C25H21N5O5S2. The van der Waals surface area contributed by atoms with Gasteiger partial charge in [-0.3, -0.25) is 14.9 Å². The molecular weight excluding hydrogens is 514 g/mol. The molecule has 1 aromatic heterocycles. The lowest BCUT2D eigenvalue weighted by molar-refractivity contribution is -0.120. The van der Waals surface area contributed by atoms with Gasteiger partial charge >= 0.3 is 10.1 Å². The molecule has 0 aliphatic heterocycles. The van der Waals surface area contributed by atoms with Crippen LogP contribution >= 0.6 is 11.3 Å². The van der Waals surface area contributed by atoms with E-state index < -0.39 is 16.0 Å². The third-order valence-corrected chi connectivity index (χ3v) is 7.02. The maximum atomic E-state index is 12.5.